The van der Waals surface area contributed by atoms with Crippen LogP contribution in [0.4, 0.5) is 5.69 Å². The molecule has 1 heterocycles. The third kappa shape index (κ3) is 1.68. The minimum Gasteiger partial charge on any atom is -0.508 e. The Morgan fingerprint density at radius 1 is 1.15 bits per heavy atom. The number of hydrogen-bond acceptors (Lipinski definition) is 4. The minimum absolute atomic E-state index is 0.0414. The van der Waals surface area contributed by atoms with E-state index < -0.39 is 5.97 Å². The molecule has 2 atom stereocenters. The molecule has 1 aromatic rings. The lowest BCUT2D eigenvalue weighted by Gasteiger charge is -2.18. The summed E-state index contributed by atoms with van der Waals surface area (Å²) in [6.45, 7) is 0. The van der Waals surface area contributed by atoms with Gasteiger partial charge >= 0.3 is 5.97 Å². The van der Waals surface area contributed by atoms with Crippen LogP contribution < -0.4 is 4.90 Å². The van der Waals surface area contributed by atoms with Gasteiger partial charge in [-0.15, -0.1) is 0 Å². The summed E-state index contributed by atoms with van der Waals surface area (Å²) >= 11 is 0. The van der Waals surface area contributed by atoms with Gasteiger partial charge in [0, 0.05) is 0 Å². The Hall–Kier alpha value is -2.37. The first-order valence-electron chi connectivity index (χ1n) is 6.45. The number of rotatable bonds is 2. The number of nitrogens with zero attached hydrogens (tertiary/aromatic N) is 1. The number of benzene rings is 1. The van der Waals surface area contributed by atoms with Gasteiger partial charge in [0.2, 0.25) is 11.8 Å². The Labute approximate surface area is 114 Å². The van der Waals surface area contributed by atoms with Crippen LogP contribution in [0.15, 0.2) is 18.2 Å². The van der Waals surface area contributed by atoms with Crippen LogP contribution in [0.25, 0.3) is 0 Å². The van der Waals surface area contributed by atoms with E-state index in [0.29, 0.717) is 12.8 Å². The third-order valence-electron chi connectivity index (χ3n) is 4.04. The number of aromatic hydroxyl groups is 1. The van der Waals surface area contributed by atoms with E-state index in [9.17, 15) is 19.5 Å². The maximum Gasteiger partial charge on any atom is 0.337 e. The highest BCUT2D eigenvalue weighted by molar-refractivity contribution is 6.24. The molecule has 1 aromatic carbocycles. The zero-order valence-electron chi connectivity index (χ0n) is 10.6. The molecule has 3 rings (SSSR count). The molecule has 2 N–H and O–H groups in total. The molecule has 1 aliphatic carbocycles. The van der Waals surface area contributed by atoms with Crippen molar-refractivity contribution in [2.75, 3.05) is 4.90 Å². The van der Waals surface area contributed by atoms with Gasteiger partial charge < -0.3 is 10.2 Å². The van der Waals surface area contributed by atoms with E-state index in [1.165, 1.54) is 12.1 Å². The number of anilines is 1. The van der Waals surface area contributed by atoms with Crippen LogP contribution in [0, 0.1) is 11.8 Å². The highest BCUT2D eigenvalue weighted by Crippen LogP contribution is 2.42. The molecule has 0 spiro atoms. The van der Waals surface area contributed by atoms with Crippen LogP contribution in [-0.4, -0.2) is 28.0 Å². The Balaban J connectivity index is 2.08. The number of phenolic OH excluding ortho intramolecular Hbond substituents is 1. The van der Waals surface area contributed by atoms with Gasteiger partial charge in [0.25, 0.3) is 0 Å². The van der Waals surface area contributed by atoms with Crippen molar-refractivity contribution < 1.29 is 24.6 Å². The molecule has 0 radical (unpaired) electrons. The SMILES string of the molecule is O=C(O)c1cc(O)ccc1N1C(=O)C2CCCC2C1=O. The summed E-state index contributed by atoms with van der Waals surface area (Å²) in [6, 6.07) is 3.62. The molecule has 0 bridgehead atoms. The van der Waals surface area contributed by atoms with Crippen molar-refractivity contribution in [3.05, 3.63) is 23.8 Å². The predicted molar refractivity (Wildman–Crippen MR) is 68.4 cm³/mol. The highest BCUT2D eigenvalue weighted by atomic mass is 16.4. The lowest BCUT2D eigenvalue weighted by atomic mass is 10.00. The van der Waals surface area contributed by atoms with E-state index in [1.54, 1.807) is 0 Å². The normalized spacial score (nSPS) is 25.1. The lowest BCUT2D eigenvalue weighted by Crippen LogP contribution is -2.32. The fourth-order valence-electron chi connectivity index (χ4n) is 3.12. The Morgan fingerprint density at radius 2 is 1.75 bits per heavy atom. The van der Waals surface area contributed by atoms with Crippen molar-refractivity contribution in [1.29, 1.82) is 0 Å². The van der Waals surface area contributed by atoms with Crippen LogP contribution in [0.5, 0.6) is 5.75 Å². The van der Waals surface area contributed by atoms with Gasteiger partial charge in [0.15, 0.2) is 0 Å². The number of hydrogen-bond donors (Lipinski definition) is 2. The number of amides is 2. The van der Waals surface area contributed by atoms with Gasteiger partial charge in [-0.1, -0.05) is 6.42 Å². The molecule has 2 amide bonds. The highest BCUT2D eigenvalue weighted by Gasteiger charge is 2.50. The van der Waals surface area contributed by atoms with Gasteiger partial charge in [-0.3, -0.25) is 9.59 Å². The summed E-state index contributed by atoms with van der Waals surface area (Å²) in [6.07, 6.45) is 2.19. The minimum atomic E-state index is -1.28. The average molecular weight is 275 g/mol. The average Bonchev–Trinajstić information content (AvgIpc) is 2.96. The standard InChI is InChI=1S/C14H13NO5/c16-7-4-5-11(10(6-7)14(19)20)15-12(17)8-2-1-3-9(8)13(15)18/h4-6,8-9,16H,1-3H2,(H,19,20). The molecule has 20 heavy (non-hydrogen) atoms. The molecular formula is C14H13NO5. The maximum atomic E-state index is 12.3. The maximum absolute atomic E-state index is 12.3. The number of carbonyl (C=O) groups is 3. The van der Waals surface area contributed by atoms with Crippen LogP contribution >= 0.6 is 0 Å². The Kier molecular flexibility index (Phi) is 2.74. The summed E-state index contributed by atoms with van der Waals surface area (Å²) in [5, 5.41) is 18.5. The topological polar surface area (TPSA) is 94.9 Å². The van der Waals surface area contributed by atoms with E-state index in [-0.39, 0.29) is 40.7 Å². The van der Waals surface area contributed by atoms with Crippen molar-refractivity contribution in [2.45, 2.75) is 19.3 Å². The smallest absolute Gasteiger partial charge is 0.337 e. The van der Waals surface area contributed by atoms with E-state index >= 15 is 0 Å². The van der Waals surface area contributed by atoms with Gasteiger partial charge in [-0.05, 0) is 31.0 Å². The van der Waals surface area contributed by atoms with E-state index in [1.807, 2.05) is 0 Å². The molecule has 2 aliphatic rings. The predicted octanol–water partition coefficient (Wildman–Crippen LogP) is 1.38. The molecule has 1 saturated heterocycles. The first-order chi connectivity index (χ1) is 9.50. The van der Waals surface area contributed by atoms with Crippen molar-refractivity contribution in [3.63, 3.8) is 0 Å². The fraction of sp³-hybridized carbons (Fsp3) is 0.357. The monoisotopic (exact) mass is 275 g/mol. The van der Waals surface area contributed by atoms with E-state index in [4.69, 9.17) is 5.11 Å². The number of carboxylic acid groups (broad SMARTS) is 1. The molecule has 104 valence electrons. The molecule has 6 nitrogen and oxygen atoms in total. The number of imide groups is 1. The Bertz CT molecular complexity index is 602. The van der Waals surface area contributed by atoms with Crippen LogP contribution in [0.1, 0.15) is 29.6 Å². The van der Waals surface area contributed by atoms with Gasteiger partial charge in [0.05, 0.1) is 23.1 Å². The zero-order valence-corrected chi connectivity index (χ0v) is 10.6. The molecule has 1 saturated carbocycles. The number of carbonyl (C=O) groups excluding carboxylic acids is 2. The third-order valence-corrected chi connectivity index (χ3v) is 4.04. The van der Waals surface area contributed by atoms with Crippen LogP contribution in [-0.2, 0) is 9.59 Å². The summed E-state index contributed by atoms with van der Waals surface area (Å²) in [4.78, 5) is 36.8. The number of fused-ring (bicyclic) bond motifs is 1. The first-order valence-corrected chi connectivity index (χ1v) is 6.45. The van der Waals surface area contributed by atoms with Gasteiger partial charge in [0.1, 0.15) is 5.75 Å². The molecule has 2 fully saturated rings. The van der Waals surface area contributed by atoms with Crippen molar-refractivity contribution >= 4 is 23.5 Å². The second kappa shape index (κ2) is 4.33. The summed E-state index contributed by atoms with van der Waals surface area (Å²) in [7, 11) is 0. The fourth-order valence-corrected chi connectivity index (χ4v) is 3.12. The van der Waals surface area contributed by atoms with E-state index in [0.717, 1.165) is 17.4 Å². The number of phenols is 1. The van der Waals surface area contributed by atoms with E-state index in [2.05, 4.69) is 0 Å². The van der Waals surface area contributed by atoms with Crippen LogP contribution in [0.3, 0.4) is 0 Å². The number of carboxylic acids is 1. The molecule has 2 unspecified atom stereocenters. The molecule has 0 aromatic heterocycles. The summed E-state index contributed by atoms with van der Waals surface area (Å²) in [5.41, 5.74) is -0.202. The van der Waals surface area contributed by atoms with Crippen LogP contribution in [0.2, 0.25) is 0 Å². The lowest BCUT2D eigenvalue weighted by molar-refractivity contribution is -0.122. The summed E-state index contributed by atoms with van der Waals surface area (Å²) < 4.78 is 0. The summed E-state index contributed by atoms with van der Waals surface area (Å²) in [5.74, 6) is -2.80. The van der Waals surface area contributed by atoms with Crippen molar-refractivity contribution in [3.8, 4) is 5.75 Å². The quantitative estimate of drug-likeness (QED) is 0.795. The molecule has 6 heteroatoms. The largest absolute Gasteiger partial charge is 0.508 e. The first kappa shape index (κ1) is 12.7. The van der Waals surface area contributed by atoms with Crippen molar-refractivity contribution in [2.24, 2.45) is 11.8 Å². The second-order valence-electron chi connectivity index (χ2n) is 5.16. The number of aromatic carboxylic acids is 1. The van der Waals surface area contributed by atoms with Gasteiger partial charge in [-0.25, -0.2) is 9.69 Å². The molecule has 1 aliphatic heterocycles. The van der Waals surface area contributed by atoms with Gasteiger partial charge in [-0.2, -0.15) is 0 Å². The Morgan fingerprint density at radius 3 is 2.30 bits per heavy atom. The zero-order chi connectivity index (χ0) is 14.4. The van der Waals surface area contributed by atoms with Crippen molar-refractivity contribution in [1.82, 2.24) is 0 Å². The second-order valence-corrected chi connectivity index (χ2v) is 5.16. The molecular weight excluding hydrogens is 262 g/mol.